The van der Waals surface area contributed by atoms with Crippen molar-refractivity contribution < 1.29 is 45.0 Å². The van der Waals surface area contributed by atoms with E-state index in [4.69, 9.17) is 4.74 Å². The first-order chi connectivity index (χ1) is 22.3. The molecule has 1 aromatic carbocycles. The van der Waals surface area contributed by atoms with Crippen LogP contribution in [-0.4, -0.2) is 91.1 Å². The third-order valence-electron chi connectivity index (χ3n) is 14.5. The maximum Gasteiger partial charge on any atom is 0.331 e. The van der Waals surface area contributed by atoms with E-state index in [0.717, 1.165) is 23.0 Å². The Morgan fingerprint density at radius 1 is 1.04 bits per heavy atom. The number of allylic oxidation sites excluding steroid dienone is 2. The largest absolute Gasteiger partial charge is 0.454 e. The standard InChI is InChI=1S/C37H47NO9/c1-33-13-20-7-8-23-11-24(41)15-34(44)16-28(42)37(46,32(20)35(23,34)18-40)36(33,45)14-22-9-25(31-26(30(22)33)12-29(43)47-31)27(38-2)10-19-5-3-4-6-21(19)17-39/h3-8,12,18,20,22-25,27-28,30-32,38-39,41-42,44-46H,9-11,13-17H2,1-2H3. The van der Waals surface area contributed by atoms with Crippen molar-refractivity contribution in [1.29, 1.82) is 0 Å². The molecule has 15 unspecified atom stereocenters. The normalized spacial score (nSPS) is 51.2. The zero-order valence-corrected chi connectivity index (χ0v) is 27.0. The second-order valence-electron chi connectivity index (χ2n) is 16.2. The SMILES string of the molecule is CNC(Cc1ccccc1CO)C1CC2CC3(O)C(C)(CC4C=CC5CC(O)CC6(O)CC(O)C3(O)C4C56C=O)C2C2=CC(=O)OC21. The number of likely N-dealkylation sites (N-methyl/N-ethyl adjacent to an activating group) is 1. The van der Waals surface area contributed by atoms with Gasteiger partial charge in [-0.1, -0.05) is 43.3 Å². The maximum atomic E-state index is 13.3. The third-order valence-corrected chi connectivity index (χ3v) is 14.5. The Hall–Kier alpha value is -2.44. The van der Waals surface area contributed by atoms with Crippen LogP contribution in [0.4, 0.5) is 0 Å². The van der Waals surface area contributed by atoms with E-state index in [1.807, 2.05) is 50.4 Å². The van der Waals surface area contributed by atoms with E-state index < -0.39 is 69.7 Å². The van der Waals surface area contributed by atoms with Gasteiger partial charge in [-0.25, -0.2) is 4.79 Å². The molecule has 0 spiro atoms. The lowest BCUT2D eigenvalue weighted by Gasteiger charge is -2.73. The van der Waals surface area contributed by atoms with Crippen LogP contribution in [0, 0.1) is 46.3 Å². The molecule has 1 heterocycles. The Morgan fingerprint density at radius 2 is 1.79 bits per heavy atom. The lowest BCUT2D eigenvalue weighted by atomic mass is 9.34. The van der Waals surface area contributed by atoms with Crippen molar-refractivity contribution in [2.24, 2.45) is 46.3 Å². The second kappa shape index (κ2) is 10.3. The predicted molar refractivity (Wildman–Crippen MR) is 168 cm³/mol. The first kappa shape index (κ1) is 31.8. The molecule has 254 valence electrons. The zero-order chi connectivity index (χ0) is 33.3. The third kappa shape index (κ3) is 3.75. The van der Waals surface area contributed by atoms with Crippen LogP contribution in [0.1, 0.15) is 56.6 Å². The molecule has 8 rings (SSSR count). The molecule has 0 amide bonds. The summed E-state index contributed by atoms with van der Waals surface area (Å²) >= 11 is 0. The van der Waals surface area contributed by atoms with Crippen molar-refractivity contribution in [1.82, 2.24) is 5.32 Å². The number of benzene rings is 1. The maximum absolute atomic E-state index is 13.3. The highest BCUT2D eigenvalue weighted by Gasteiger charge is 2.84. The van der Waals surface area contributed by atoms with Crippen LogP contribution in [0.25, 0.3) is 0 Å². The highest BCUT2D eigenvalue weighted by atomic mass is 16.5. The molecule has 10 nitrogen and oxygen atoms in total. The van der Waals surface area contributed by atoms with Crippen molar-refractivity contribution in [3.63, 3.8) is 0 Å². The average molecular weight is 650 g/mol. The number of rotatable bonds is 6. The molecule has 1 aliphatic heterocycles. The average Bonchev–Trinajstić information content (AvgIpc) is 3.52. The summed E-state index contributed by atoms with van der Waals surface area (Å²) in [6.45, 7) is 1.86. The van der Waals surface area contributed by atoms with Crippen LogP contribution >= 0.6 is 0 Å². The quantitative estimate of drug-likeness (QED) is 0.133. The second-order valence-corrected chi connectivity index (χ2v) is 16.2. The molecule has 1 aromatic rings. The summed E-state index contributed by atoms with van der Waals surface area (Å²) in [5.74, 6) is -3.07. The number of aldehydes is 1. The van der Waals surface area contributed by atoms with Gasteiger partial charge >= 0.3 is 5.97 Å². The van der Waals surface area contributed by atoms with Crippen molar-refractivity contribution in [3.8, 4) is 0 Å². The highest BCUT2D eigenvalue weighted by Crippen LogP contribution is 2.77. The Balaban J connectivity index is 1.23. The Bertz CT molecular complexity index is 1560. The van der Waals surface area contributed by atoms with E-state index in [1.165, 1.54) is 0 Å². The van der Waals surface area contributed by atoms with Gasteiger partial charge in [0.05, 0.1) is 29.8 Å². The van der Waals surface area contributed by atoms with Crippen LogP contribution in [0.15, 0.2) is 48.1 Å². The van der Waals surface area contributed by atoms with Gasteiger partial charge in [0.2, 0.25) is 0 Å². The van der Waals surface area contributed by atoms with Crippen LogP contribution in [0.2, 0.25) is 0 Å². The van der Waals surface area contributed by atoms with Crippen LogP contribution in [-0.2, 0) is 27.4 Å². The highest BCUT2D eigenvalue weighted by molar-refractivity contribution is 5.86. The zero-order valence-electron chi connectivity index (χ0n) is 27.0. The number of carbonyl (C=O) groups is 2. The van der Waals surface area contributed by atoms with E-state index >= 15 is 0 Å². The first-order valence-corrected chi connectivity index (χ1v) is 17.3. The molecule has 5 saturated carbocycles. The van der Waals surface area contributed by atoms with Crippen LogP contribution in [0.5, 0.6) is 0 Å². The molecule has 7 N–H and O–H groups in total. The van der Waals surface area contributed by atoms with E-state index in [9.17, 15) is 40.2 Å². The Kier molecular flexibility index (Phi) is 6.96. The minimum atomic E-state index is -2.14. The summed E-state index contributed by atoms with van der Waals surface area (Å²) in [5.41, 5.74) is -5.61. The summed E-state index contributed by atoms with van der Waals surface area (Å²) in [6.07, 6.45) is 4.70. The molecule has 5 fully saturated rings. The Morgan fingerprint density at radius 3 is 2.49 bits per heavy atom. The van der Waals surface area contributed by atoms with E-state index in [-0.39, 0.29) is 56.1 Å². The number of hydrogen-bond donors (Lipinski definition) is 7. The van der Waals surface area contributed by atoms with Gasteiger partial charge in [-0.15, -0.1) is 0 Å². The molecule has 7 aliphatic rings. The molecule has 10 heteroatoms. The molecule has 0 aromatic heterocycles. The van der Waals surface area contributed by atoms with Gasteiger partial charge in [-0.3, -0.25) is 0 Å². The number of nitrogens with one attached hydrogen (secondary N) is 1. The number of aliphatic hydroxyl groups excluding tert-OH is 3. The van der Waals surface area contributed by atoms with Gasteiger partial charge in [-0.2, -0.15) is 0 Å². The molecule has 0 radical (unpaired) electrons. The summed E-state index contributed by atoms with van der Waals surface area (Å²) in [5, 5.41) is 74.5. The Labute approximate surface area is 274 Å². The summed E-state index contributed by atoms with van der Waals surface area (Å²) in [4.78, 5) is 26.4. The van der Waals surface area contributed by atoms with Gasteiger partial charge < -0.3 is 45.5 Å². The monoisotopic (exact) mass is 649 g/mol. The fourth-order valence-corrected chi connectivity index (χ4v) is 12.9. The number of carbonyl (C=O) groups excluding carboxylic acids is 2. The fraction of sp³-hybridized carbons (Fsp3) is 0.676. The summed E-state index contributed by atoms with van der Waals surface area (Å²) in [6, 6.07) is 7.58. The van der Waals surface area contributed by atoms with E-state index in [0.29, 0.717) is 19.3 Å². The first-order valence-electron chi connectivity index (χ1n) is 17.3. The lowest BCUT2D eigenvalue weighted by Crippen LogP contribution is -2.84. The molecule has 47 heavy (non-hydrogen) atoms. The topological polar surface area (TPSA) is 177 Å². The minimum Gasteiger partial charge on any atom is -0.454 e. The summed E-state index contributed by atoms with van der Waals surface area (Å²) < 4.78 is 6.03. The molecule has 0 saturated heterocycles. The predicted octanol–water partition coefficient (Wildman–Crippen LogP) is 0.944. The van der Waals surface area contributed by atoms with E-state index in [1.54, 1.807) is 6.08 Å². The van der Waals surface area contributed by atoms with Crippen molar-refractivity contribution in [3.05, 3.63) is 59.2 Å². The van der Waals surface area contributed by atoms with Crippen molar-refractivity contribution in [2.75, 3.05) is 7.05 Å². The molecular weight excluding hydrogens is 602 g/mol. The molecule has 15 atom stereocenters. The molecular formula is C37H47NO9. The van der Waals surface area contributed by atoms with E-state index in [2.05, 4.69) is 5.32 Å². The van der Waals surface area contributed by atoms with Gasteiger partial charge in [0.15, 0.2) is 0 Å². The lowest BCUT2D eigenvalue weighted by molar-refractivity contribution is -0.361. The fourth-order valence-electron chi connectivity index (χ4n) is 12.9. The molecule has 6 aliphatic carbocycles. The van der Waals surface area contributed by atoms with Gasteiger partial charge in [0, 0.05) is 42.2 Å². The number of esters is 1. The van der Waals surface area contributed by atoms with Crippen molar-refractivity contribution >= 4 is 12.3 Å². The number of aliphatic hydroxyl groups is 6. The number of ether oxygens (including phenoxy) is 1. The van der Waals surface area contributed by atoms with Crippen molar-refractivity contribution in [2.45, 2.75) is 99.6 Å². The minimum absolute atomic E-state index is 0.0894. The van der Waals surface area contributed by atoms with Crippen LogP contribution in [0.3, 0.4) is 0 Å². The number of hydrogen-bond acceptors (Lipinski definition) is 10. The number of fused-ring (bicyclic) bond motifs is 6. The van der Waals surface area contributed by atoms with Gasteiger partial charge in [-0.05, 0) is 79.5 Å². The smallest absolute Gasteiger partial charge is 0.331 e. The van der Waals surface area contributed by atoms with Gasteiger partial charge in [0.1, 0.15) is 23.6 Å². The van der Waals surface area contributed by atoms with Gasteiger partial charge in [0.25, 0.3) is 0 Å². The summed E-state index contributed by atoms with van der Waals surface area (Å²) in [7, 11) is 1.87. The van der Waals surface area contributed by atoms with Crippen LogP contribution < -0.4 is 5.32 Å². The molecule has 0 bridgehead atoms.